The molecule has 1 unspecified atom stereocenters. The van der Waals surface area contributed by atoms with E-state index in [1.54, 1.807) is 24.0 Å². The fraction of sp³-hybridized carbons (Fsp3) is 0.600. The molecule has 0 saturated carbocycles. The van der Waals surface area contributed by atoms with E-state index in [0.29, 0.717) is 5.82 Å². The molecule has 0 spiro atoms. The minimum absolute atomic E-state index is 0.299. The van der Waals surface area contributed by atoms with Crippen molar-refractivity contribution in [2.24, 2.45) is 12.5 Å². The zero-order chi connectivity index (χ0) is 10.9. The number of carbonyl (C=O) groups is 1. The van der Waals surface area contributed by atoms with Gasteiger partial charge in [0.25, 0.3) is 0 Å². The molecule has 1 heterocycles. The minimum Gasteiger partial charge on any atom is -0.384 e. The van der Waals surface area contributed by atoms with E-state index in [1.165, 1.54) is 0 Å². The van der Waals surface area contributed by atoms with Gasteiger partial charge in [-0.1, -0.05) is 20.8 Å². The molecule has 1 aromatic rings. The largest absolute Gasteiger partial charge is 0.384 e. The van der Waals surface area contributed by atoms with Crippen LogP contribution in [0.1, 0.15) is 31.4 Å². The third-order valence-electron chi connectivity index (χ3n) is 2.11. The molecular weight excluding hydrogens is 180 g/mol. The third kappa shape index (κ3) is 2.01. The smallest absolute Gasteiger partial charge is 0.227 e. The van der Waals surface area contributed by atoms with E-state index in [-0.39, 0.29) is 5.78 Å². The molecular formula is C10H16N2O2. The molecule has 1 N–H and O–H groups in total. The van der Waals surface area contributed by atoms with Crippen molar-refractivity contribution in [2.45, 2.75) is 26.9 Å². The van der Waals surface area contributed by atoms with Crippen LogP contribution in [0.2, 0.25) is 0 Å². The molecule has 1 aromatic heterocycles. The van der Waals surface area contributed by atoms with Gasteiger partial charge in [0.1, 0.15) is 6.10 Å². The SMILES string of the molecule is Cn1ccnc1C(=O)C(O)C(C)(C)C. The van der Waals surface area contributed by atoms with Crippen molar-refractivity contribution in [1.82, 2.24) is 9.55 Å². The lowest BCUT2D eigenvalue weighted by Gasteiger charge is -2.23. The van der Waals surface area contributed by atoms with Crippen LogP contribution in [0.15, 0.2) is 12.4 Å². The van der Waals surface area contributed by atoms with E-state index in [4.69, 9.17) is 0 Å². The number of hydrogen-bond donors (Lipinski definition) is 1. The van der Waals surface area contributed by atoms with Crippen molar-refractivity contribution in [2.75, 3.05) is 0 Å². The maximum atomic E-state index is 11.7. The van der Waals surface area contributed by atoms with Gasteiger partial charge in [-0.3, -0.25) is 4.79 Å². The highest BCUT2D eigenvalue weighted by molar-refractivity contribution is 5.96. The van der Waals surface area contributed by atoms with E-state index in [2.05, 4.69) is 4.98 Å². The highest BCUT2D eigenvalue weighted by atomic mass is 16.3. The monoisotopic (exact) mass is 196 g/mol. The number of ketones is 1. The first kappa shape index (κ1) is 10.9. The quantitative estimate of drug-likeness (QED) is 0.718. The lowest BCUT2D eigenvalue weighted by molar-refractivity contribution is 0.0429. The second kappa shape index (κ2) is 3.53. The second-order valence-corrected chi connectivity index (χ2v) is 4.49. The van der Waals surface area contributed by atoms with Crippen LogP contribution in [0.3, 0.4) is 0 Å². The summed E-state index contributed by atoms with van der Waals surface area (Å²) in [5.41, 5.74) is -0.455. The van der Waals surface area contributed by atoms with Gasteiger partial charge in [0.2, 0.25) is 5.78 Å². The van der Waals surface area contributed by atoms with E-state index in [1.807, 2.05) is 20.8 Å². The van der Waals surface area contributed by atoms with E-state index < -0.39 is 11.5 Å². The molecule has 0 fully saturated rings. The number of Topliss-reactive ketones (excluding diaryl/α,β-unsaturated/α-hetero) is 1. The highest BCUT2D eigenvalue weighted by Gasteiger charge is 2.31. The summed E-state index contributed by atoms with van der Waals surface area (Å²) in [6.45, 7) is 5.45. The lowest BCUT2D eigenvalue weighted by Crippen LogP contribution is -2.35. The van der Waals surface area contributed by atoms with Gasteiger partial charge in [-0.05, 0) is 5.41 Å². The lowest BCUT2D eigenvalue weighted by atomic mass is 9.86. The summed E-state index contributed by atoms with van der Waals surface area (Å²) in [6.07, 6.45) is 2.22. The van der Waals surface area contributed by atoms with Crippen molar-refractivity contribution >= 4 is 5.78 Å². The zero-order valence-electron chi connectivity index (χ0n) is 8.98. The van der Waals surface area contributed by atoms with Crippen LogP contribution in [0, 0.1) is 5.41 Å². The van der Waals surface area contributed by atoms with Gasteiger partial charge in [-0.15, -0.1) is 0 Å². The first-order valence-electron chi connectivity index (χ1n) is 4.53. The van der Waals surface area contributed by atoms with Crippen LogP contribution in [-0.2, 0) is 7.05 Å². The van der Waals surface area contributed by atoms with Crippen molar-refractivity contribution < 1.29 is 9.90 Å². The zero-order valence-corrected chi connectivity index (χ0v) is 8.98. The van der Waals surface area contributed by atoms with Crippen LogP contribution in [0.5, 0.6) is 0 Å². The number of rotatable bonds is 2. The van der Waals surface area contributed by atoms with Crippen LogP contribution in [0.25, 0.3) is 0 Å². The van der Waals surface area contributed by atoms with Crippen LogP contribution < -0.4 is 0 Å². The van der Waals surface area contributed by atoms with Crippen LogP contribution in [-0.4, -0.2) is 26.5 Å². The molecule has 14 heavy (non-hydrogen) atoms. The molecule has 1 rings (SSSR count). The number of carbonyl (C=O) groups excluding carboxylic acids is 1. The Kier molecular flexibility index (Phi) is 2.76. The third-order valence-corrected chi connectivity index (χ3v) is 2.11. The molecule has 78 valence electrons. The standard InChI is InChI=1S/C10H16N2O2/c1-10(2,3)8(14)7(13)9-11-5-6-12(9)4/h5-6,8,14H,1-4H3. The number of nitrogens with zero attached hydrogens (tertiary/aromatic N) is 2. The van der Waals surface area contributed by atoms with Gasteiger partial charge in [0.15, 0.2) is 5.82 Å². The fourth-order valence-corrected chi connectivity index (χ4v) is 1.12. The van der Waals surface area contributed by atoms with Gasteiger partial charge >= 0.3 is 0 Å². The van der Waals surface area contributed by atoms with E-state index in [0.717, 1.165) is 0 Å². The summed E-state index contributed by atoms with van der Waals surface area (Å²) >= 11 is 0. The number of hydrogen-bond acceptors (Lipinski definition) is 3. The van der Waals surface area contributed by atoms with Gasteiger partial charge < -0.3 is 9.67 Å². The molecule has 0 amide bonds. The Morgan fingerprint density at radius 3 is 2.50 bits per heavy atom. The topological polar surface area (TPSA) is 55.1 Å². The predicted octanol–water partition coefficient (Wildman–Crippen LogP) is 1.01. The van der Waals surface area contributed by atoms with Crippen molar-refractivity contribution in [1.29, 1.82) is 0 Å². The molecule has 0 aliphatic carbocycles. The summed E-state index contributed by atoms with van der Waals surface area (Å²) < 4.78 is 1.61. The molecule has 1 atom stereocenters. The van der Waals surface area contributed by atoms with E-state index >= 15 is 0 Å². The van der Waals surface area contributed by atoms with Gasteiger partial charge in [-0.25, -0.2) is 4.98 Å². The molecule has 0 aliphatic heterocycles. The number of aliphatic hydroxyl groups is 1. The van der Waals surface area contributed by atoms with Crippen LogP contribution in [0.4, 0.5) is 0 Å². The maximum Gasteiger partial charge on any atom is 0.227 e. The first-order chi connectivity index (χ1) is 6.34. The molecule has 0 bridgehead atoms. The van der Waals surface area contributed by atoms with Gasteiger partial charge in [-0.2, -0.15) is 0 Å². The number of aliphatic hydroxyl groups excluding tert-OH is 1. The summed E-state index contributed by atoms with van der Waals surface area (Å²) in [4.78, 5) is 15.6. The second-order valence-electron chi connectivity index (χ2n) is 4.49. The Bertz CT molecular complexity index is 336. The Hall–Kier alpha value is -1.16. The Morgan fingerprint density at radius 2 is 2.14 bits per heavy atom. The fourth-order valence-electron chi connectivity index (χ4n) is 1.12. The number of aromatic nitrogens is 2. The normalized spacial score (nSPS) is 14.1. The summed E-state index contributed by atoms with van der Waals surface area (Å²) in [6, 6.07) is 0. The van der Waals surface area contributed by atoms with E-state index in [9.17, 15) is 9.90 Å². The Balaban J connectivity index is 2.92. The minimum atomic E-state index is -1.01. The average molecular weight is 196 g/mol. The molecule has 0 aromatic carbocycles. The van der Waals surface area contributed by atoms with Gasteiger partial charge in [0.05, 0.1) is 0 Å². The van der Waals surface area contributed by atoms with Crippen molar-refractivity contribution in [3.63, 3.8) is 0 Å². The summed E-state index contributed by atoms with van der Waals surface area (Å²) in [5.74, 6) is -0.0302. The molecule has 0 saturated heterocycles. The predicted molar refractivity (Wildman–Crippen MR) is 53.0 cm³/mol. The molecule has 0 aliphatic rings. The molecule has 4 nitrogen and oxygen atoms in total. The maximum absolute atomic E-state index is 11.7. The molecule has 4 heteroatoms. The van der Waals surface area contributed by atoms with Gasteiger partial charge in [0, 0.05) is 19.4 Å². The number of aryl methyl sites for hydroxylation is 1. The Morgan fingerprint density at radius 1 is 1.57 bits per heavy atom. The average Bonchev–Trinajstić information content (AvgIpc) is 2.47. The Labute approximate surface area is 83.6 Å². The van der Waals surface area contributed by atoms with Crippen LogP contribution >= 0.6 is 0 Å². The summed E-state index contributed by atoms with van der Waals surface area (Å²) in [7, 11) is 1.73. The highest BCUT2D eigenvalue weighted by Crippen LogP contribution is 2.21. The van der Waals surface area contributed by atoms with Crippen molar-refractivity contribution in [3.8, 4) is 0 Å². The van der Waals surface area contributed by atoms with Crippen molar-refractivity contribution in [3.05, 3.63) is 18.2 Å². The summed E-state index contributed by atoms with van der Waals surface area (Å²) in [5, 5.41) is 9.75. The molecule has 0 radical (unpaired) electrons. The first-order valence-corrected chi connectivity index (χ1v) is 4.53. The number of imidazole rings is 1.